The minimum atomic E-state index is -1.10. The molecule has 0 aliphatic rings. The summed E-state index contributed by atoms with van der Waals surface area (Å²) in [6.07, 6.45) is 2.68. The highest BCUT2D eigenvalue weighted by Gasteiger charge is 2.16. The van der Waals surface area contributed by atoms with Gasteiger partial charge < -0.3 is 10.2 Å². The van der Waals surface area contributed by atoms with Crippen molar-refractivity contribution in [3.8, 4) is 0 Å². The van der Waals surface area contributed by atoms with Crippen LogP contribution in [0.3, 0.4) is 0 Å². The Morgan fingerprint density at radius 1 is 1.17 bits per heavy atom. The van der Waals surface area contributed by atoms with Crippen molar-refractivity contribution in [1.29, 1.82) is 0 Å². The molecule has 1 aromatic carbocycles. The van der Waals surface area contributed by atoms with Crippen LogP contribution in [0.4, 0.5) is 5.82 Å². The second-order valence-corrected chi connectivity index (χ2v) is 4.96. The third kappa shape index (κ3) is 4.80. The number of benzene rings is 1. The van der Waals surface area contributed by atoms with Crippen LogP contribution in [0.1, 0.15) is 25.7 Å². The molecule has 1 heterocycles. The van der Waals surface area contributed by atoms with Gasteiger partial charge in [0.25, 0.3) is 0 Å². The fourth-order valence-corrected chi connectivity index (χ4v) is 2.06. The van der Waals surface area contributed by atoms with Gasteiger partial charge in [-0.05, 0) is 12.8 Å². The third-order valence-corrected chi connectivity index (χ3v) is 3.25. The maximum atomic E-state index is 11.2. The fourth-order valence-electron chi connectivity index (χ4n) is 2.06. The third-order valence-electron chi connectivity index (χ3n) is 3.25. The van der Waals surface area contributed by atoms with Gasteiger partial charge in [-0.1, -0.05) is 30.7 Å². The summed E-state index contributed by atoms with van der Waals surface area (Å²) in [7, 11) is 0. The van der Waals surface area contributed by atoms with Gasteiger partial charge in [-0.25, -0.2) is 4.79 Å². The normalized spacial score (nSPS) is 12.5. The maximum absolute atomic E-state index is 11.2. The highest BCUT2D eigenvalue weighted by Crippen LogP contribution is 2.22. The summed E-state index contributed by atoms with van der Waals surface area (Å²) in [5, 5.41) is 34.8. The van der Waals surface area contributed by atoms with Gasteiger partial charge in [0.2, 0.25) is 5.82 Å². The minimum Gasteiger partial charge on any atom is -0.481 e. The highest BCUT2D eigenvalue weighted by molar-refractivity contribution is 5.89. The minimum absolute atomic E-state index is 0.0122. The molecule has 8 heteroatoms. The standard InChI is InChI=1S/C15H16N4O4/c20-13(21)8-4-3-7-12(15(22)23)17-19-14-11-6-2-1-5-10(11)9-16-18-14/h1-2,5-6,9,12H,3-4,7-8H2,(H,20,21)(H,22,23). The molecule has 1 unspecified atom stereocenters. The quantitative estimate of drug-likeness (QED) is 0.569. The van der Waals surface area contributed by atoms with Crippen molar-refractivity contribution >= 4 is 28.5 Å². The van der Waals surface area contributed by atoms with Crippen LogP contribution in [0.25, 0.3) is 10.8 Å². The smallest absolute Gasteiger partial charge is 0.330 e. The van der Waals surface area contributed by atoms with Crippen LogP contribution >= 0.6 is 0 Å². The Morgan fingerprint density at radius 3 is 2.70 bits per heavy atom. The first-order chi connectivity index (χ1) is 11.1. The predicted molar refractivity (Wildman–Crippen MR) is 81.6 cm³/mol. The van der Waals surface area contributed by atoms with E-state index >= 15 is 0 Å². The molecule has 23 heavy (non-hydrogen) atoms. The molecule has 120 valence electrons. The molecule has 2 rings (SSSR count). The summed E-state index contributed by atoms with van der Waals surface area (Å²) in [5.74, 6) is -1.73. The number of aromatic nitrogens is 2. The number of hydrogen-bond donors (Lipinski definition) is 2. The number of carboxylic acids is 2. The van der Waals surface area contributed by atoms with E-state index in [2.05, 4.69) is 20.4 Å². The average Bonchev–Trinajstić information content (AvgIpc) is 2.53. The van der Waals surface area contributed by atoms with E-state index in [0.29, 0.717) is 12.8 Å². The lowest BCUT2D eigenvalue weighted by Crippen LogP contribution is -2.17. The first-order valence-electron chi connectivity index (χ1n) is 7.14. The van der Waals surface area contributed by atoms with Crippen LogP contribution < -0.4 is 0 Å². The van der Waals surface area contributed by atoms with Crippen LogP contribution in [0.2, 0.25) is 0 Å². The average molecular weight is 316 g/mol. The molecule has 1 atom stereocenters. The van der Waals surface area contributed by atoms with Gasteiger partial charge in [-0.15, -0.1) is 10.2 Å². The topological polar surface area (TPSA) is 125 Å². The fraction of sp³-hybridized carbons (Fsp3) is 0.333. The van der Waals surface area contributed by atoms with Crippen LogP contribution in [0.15, 0.2) is 40.7 Å². The Kier molecular flexibility index (Phi) is 5.67. The van der Waals surface area contributed by atoms with E-state index in [1.165, 1.54) is 0 Å². The van der Waals surface area contributed by atoms with Crippen LogP contribution in [0.5, 0.6) is 0 Å². The monoisotopic (exact) mass is 316 g/mol. The van der Waals surface area contributed by atoms with Gasteiger partial charge in [0.15, 0.2) is 6.04 Å². The van der Waals surface area contributed by atoms with E-state index in [0.717, 1.165) is 10.8 Å². The van der Waals surface area contributed by atoms with Crippen molar-refractivity contribution in [2.45, 2.75) is 31.7 Å². The van der Waals surface area contributed by atoms with E-state index in [1.54, 1.807) is 12.3 Å². The molecule has 0 radical (unpaired) electrons. The lowest BCUT2D eigenvalue weighted by Gasteiger charge is -2.05. The summed E-state index contributed by atoms with van der Waals surface area (Å²) in [6.45, 7) is 0. The number of aliphatic carboxylic acids is 2. The molecule has 0 amide bonds. The first kappa shape index (κ1) is 16.5. The highest BCUT2D eigenvalue weighted by atomic mass is 16.4. The Balaban J connectivity index is 2.07. The van der Waals surface area contributed by atoms with Gasteiger partial charge in [-0.3, -0.25) is 4.79 Å². The van der Waals surface area contributed by atoms with Crippen molar-refractivity contribution in [2.24, 2.45) is 10.2 Å². The zero-order valence-electron chi connectivity index (χ0n) is 12.3. The van der Waals surface area contributed by atoms with Crippen molar-refractivity contribution in [1.82, 2.24) is 10.2 Å². The molecular formula is C15H16N4O4. The molecule has 0 saturated heterocycles. The molecule has 2 N–H and O–H groups in total. The second-order valence-electron chi connectivity index (χ2n) is 4.96. The Morgan fingerprint density at radius 2 is 1.96 bits per heavy atom. The predicted octanol–water partition coefficient (Wildman–Crippen LogP) is 2.81. The zero-order valence-corrected chi connectivity index (χ0v) is 12.3. The molecule has 1 aromatic heterocycles. The molecule has 0 aliphatic heterocycles. The molecule has 0 bridgehead atoms. The zero-order chi connectivity index (χ0) is 16.7. The van der Waals surface area contributed by atoms with Crippen LogP contribution in [-0.2, 0) is 9.59 Å². The molecular weight excluding hydrogens is 300 g/mol. The maximum Gasteiger partial charge on any atom is 0.330 e. The van der Waals surface area contributed by atoms with Gasteiger partial charge in [-0.2, -0.15) is 10.2 Å². The molecule has 0 spiro atoms. The number of azo groups is 1. The van der Waals surface area contributed by atoms with Gasteiger partial charge in [0.05, 0.1) is 6.20 Å². The molecule has 8 nitrogen and oxygen atoms in total. The number of hydrogen-bond acceptors (Lipinski definition) is 6. The number of nitrogens with zero attached hydrogens (tertiary/aromatic N) is 4. The summed E-state index contributed by atoms with van der Waals surface area (Å²) in [4.78, 5) is 21.6. The van der Waals surface area contributed by atoms with Gasteiger partial charge in [0.1, 0.15) is 0 Å². The van der Waals surface area contributed by atoms with Crippen molar-refractivity contribution in [2.75, 3.05) is 0 Å². The van der Waals surface area contributed by atoms with E-state index in [9.17, 15) is 9.59 Å². The molecule has 0 aliphatic carbocycles. The summed E-state index contributed by atoms with van der Waals surface area (Å²) in [5.41, 5.74) is 0. The lowest BCUT2D eigenvalue weighted by molar-refractivity contribution is -0.138. The summed E-state index contributed by atoms with van der Waals surface area (Å²) < 4.78 is 0. The van der Waals surface area contributed by atoms with Crippen molar-refractivity contribution in [3.63, 3.8) is 0 Å². The van der Waals surface area contributed by atoms with Crippen LogP contribution in [-0.4, -0.2) is 38.4 Å². The van der Waals surface area contributed by atoms with Crippen LogP contribution in [0, 0.1) is 0 Å². The van der Waals surface area contributed by atoms with E-state index in [-0.39, 0.29) is 18.7 Å². The summed E-state index contributed by atoms with van der Waals surface area (Å²) in [6, 6.07) is 6.31. The van der Waals surface area contributed by atoms with Crippen molar-refractivity contribution in [3.05, 3.63) is 30.5 Å². The molecule has 0 fully saturated rings. The van der Waals surface area contributed by atoms with E-state index in [4.69, 9.17) is 10.2 Å². The number of rotatable bonds is 8. The van der Waals surface area contributed by atoms with Crippen molar-refractivity contribution < 1.29 is 19.8 Å². The number of carbonyl (C=O) groups is 2. The SMILES string of the molecule is O=C(O)CCCCC(N=Nc1nncc2ccccc12)C(=O)O. The largest absolute Gasteiger partial charge is 0.481 e. The van der Waals surface area contributed by atoms with E-state index < -0.39 is 18.0 Å². The number of unbranched alkanes of at least 4 members (excludes halogenated alkanes) is 1. The lowest BCUT2D eigenvalue weighted by atomic mass is 10.1. The molecule has 2 aromatic rings. The van der Waals surface area contributed by atoms with Gasteiger partial charge >= 0.3 is 11.9 Å². The Hall–Kier alpha value is -2.90. The first-order valence-corrected chi connectivity index (χ1v) is 7.14. The van der Waals surface area contributed by atoms with E-state index in [1.807, 2.05) is 18.2 Å². The Bertz CT molecular complexity index is 727. The van der Waals surface area contributed by atoms with Gasteiger partial charge in [0, 0.05) is 17.2 Å². The Labute approximate surface area is 131 Å². The summed E-state index contributed by atoms with van der Waals surface area (Å²) >= 11 is 0. The molecule has 0 saturated carbocycles. The second kappa shape index (κ2) is 7.92. The number of carboxylic acid groups (broad SMARTS) is 2. The number of fused-ring (bicyclic) bond motifs is 1.